The van der Waals surface area contributed by atoms with Gasteiger partial charge in [0.15, 0.2) is 0 Å². The van der Waals surface area contributed by atoms with Crippen LogP contribution in [0.3, 0.4) is 0 Å². The number of carbonyl (C=O) groups is 4. The van der Waals surface area contributed by atoms with Crippen LogP contribution in [0.1, 0.15) is 35.7 Å². The smallest absolute Gasteiger partial charge is 0.325 e. The normalized spacial score (nSPS) is 20.4. The van der Waals surface area contributed by atoms with Crippen LogP contribution in [0, 0.1) is 0 Å². The number of hydrogen-bond donors (Lipinski definition) is 3. The molecule has 1 unspecified atom stereocenters. The van der Waals surface area contributed by atoms with Gasteiger partial charge in [0.1, 0.15) is 12.1 Å². The predicted octanol–water partition coefficient (Wildman–Crippen LogP) is 2.64. The van der Waals surface area contributed by atoms with Gasteiger partial charge in [0.05, 0.1) is 11.3 Å². The van der Waals surface area contributed by atoms with E-state index in [-0.39, 0.29) is 11.9 Å². The molecule has 2 aromatic carbocycles. The zero-order chi connectivity index (χ0) is 22.2. The molecule has 2 aliphatic rings. The zero-order valence-corrected chi connectivity index (χ0v) is 17.5. The molecule has 1 atom stereocenters. The van der Waals surface area contributed by atoms with Gasteiger partial charge in [-0.25, -0.2) is 4.79 Å². The average Bonchev–Trinajstić information content (AvgIpc) is 3.52. The molecular formula is C22H21ClN4O4. The Balaban J connectivity index is 1.47. The molecule has 0 spiro atoms. The quantitative estimate of drug-likeness (QED) is 0.600. The molecule has 1 aliphatic carbocycles. The standard InChI is InChI=1S/C22H21ClN4O4/c1-22(13-6-8-14(23)9-7-13)20(30)27(21(31)26-22)12-18(28)25-17-5-3-2-4-16(17)19(29)24-15-10-11-15/h2-9,15H,10-12H2,1H3,(H,24,29)(H,25,28)(H,26,31). The Hall–Kier alpha value is -3.39. The van der Waals surface area contributed by atoms with E-state index < -0.39 is 29.9 Å². The lowest BCUT2D eigenvalue weighted by Crippen LogP contribution is -2.42. The van der Waals surface area contributed by atoms with Crippen LogP contribution in [-0.4, -0.2) is 41.2 Å². The van der Waals surface area contributed by atoms with Crippen LogP contribution in [0.2, 0.25) is 5.02 Å². The SMILES string of the molecule is CC1(c2ccc(Cl)cc2)NC(=O)N(CC(=O)Nc2ccccc2C(=O)NC2CC2)C1=O. The van der Waals surface area contributed by atoms with Crippen molar-refractivity contribution in [1.82, 2.24) is 15.5 Å². The van der Waals surface area contributed by atoms with Crippen molar-refractivity contribution in [1.29, 1.82) is 0 Å². The number of nitrogens with one attached hydrogen (secondary N) is 3. The van der Waals surface area contributed by atoms with E-state index in [1.165, 1.54) is 0 Å². The summed E-state index contributed by atoms with van der Waals surface area (Å²) in [5, 5.41) is 8.66. The molecule has 2 fully saturated rings. The third kappa shape index (κ3) is 4.25. The summed E-state index contributed by atoms with van der Waals surface area (Å²) in [5.74, 6) is -1.41. The maximum Gasteiger partial charge on any atom is 0.325 e. The summed E-state index contributed by atoms with van der Waals surface area (Å²) >= 11 is 5.91. The van der Waals surface area contributed by atoms with Crippen LogP contribution in [0.15, 0.2) is 48.5 Å². The number of hydrogen-bond acceptors (Lipinski definition) is 4. The minimum Gasteiger partial charge on any atom is -0.349 e. The highest BCUT2D eigenvalue weighted by Gasteiger charge is 2.49. The summed E-state index contributed by atoms with van der Waals surface area (Å²) in [6, 6.07) is 12.7. The summed E-state index contributed by atoms with van der Waals surface area (Å²) < 4.78 is 0. The summed E-state index contributed by atoms with van der Waals surface area (Å²) in [4.78, 5) is 51.3. The molecule has 1 saturated carbocycles. The lowest BCUT2D eigenvalue weighted by molar-refractivity contribution is -0.133. The Morgan fingerprint density at radius 1 is 1.13 bits per heavy atom. The Kier molecular flexibility index (Phi) is 5.41. The first-order valence-corrected chi connectivity index (χ1v) is 10.3. The Morgan fingerprint density at radius 2 is 1.81 bits per heavy atom. The third-order valence-electron chi connectivity index (χ3n) is 5.36. The van der Waals surface area contributed by atoms with Crippen molar-refractivity contribution in [2.45, 2.75) is 31.3 Å². The van der Waals surface area contributed by atoms with Crippen molar-refractivity contribution in [3.8, 4) is 0 Å². The third-order valence-corrected chi connectivity index (χ3v) is 5.61. The second kappa shape index (κ2) is 8.03. The average molecular weight is 441 g/mol. The van der Waals surface area contributed by atoms with Crippen molar-refractivity contribution in [3.05, 3.63) is 64.7 Å². The maximum atomic E-state index is 13.0. The molecule has 31 heavy (non-hydrogen) atoms. The van der Waals surface area contributed by atoms with E-state index in [0.717, 1.165) is 17.7 Å². The van der Waals surface area contributed by atoms with Crippen LogP contribution in [0.4, 0.5) is 10.5 Å². The van der Waals surface area contributed by atoms with Gasteiger partial charge in [-0.1, -0.05) is 35.9 Å². The first-order valence-electron chi connectivity index (χ1n) is 9.88. The molecule has 1 saturated heterocycles. The van der Waals surface area contributed by atoms with Gasteiger partial charge in [-0.15, -0.1) is 0 Å². The van der Waals surface area contributed by atoms with Crippen molar-refractivity contribution in [3.63, 3.8) is 0 Å². The van der Waals surface area contributed by atoms with E-state index >= 15 is 0 Å². The lowest BCUT2D eigenvalue weighted by Gasteiger charge is -2.22. The van der Waals surface area contributed by atoms with E-state index in [0.29, 0.717) is 21.8 Å². The van der Waals surface area contributed by atoms with E-state index in [4.69, 9.17) is 11.6 Å². The summed E-state index contributed by atoms with van der Waals surface area (Å²) in [7, 11) is 0. The molecule has 4 rings (SSSR count). The second-order valence-electron chi connectivity index (χ2n) is 7.79. The number of carbonyl (C=O) groups excluding carboxylic acids is 4. The maximum absolute atomic E-state index is 13.0. The number of benzene rings is 2. The molecule has 0 bridgehead atoms. The fourth-order valence-electron chi connectivity index (χ4n) is 3.43. The number of urea groups is 1. The molecule has 1 aliphatic heterocycles. The molecular weight excluding hydrogens is 420 g/mol. The minimum absolute atomic E-state index is 0.174. The number of anilines is 1. The van der Waals surface area contributed by atoms with Gasteiger partial charge in [-0.2, -0.15) is 0 Å². The number of rotatable bonds is 6. The predicted molar refractivity (Wildman–Crippen MR) is 115 cm³/mol. The Labute approximate surface area is 183 Å². The largest absolute Gasteiger partial charge is 0.349 e. The van der Waals surface area contributed by atoms with Gasteiger partial charge in [0.25, 0.3) is 11.8 Å². The van der Waals surface area contributed by atoms with E-state index in [1.54, 1.807) is 55.5 Å². The number of halogens is 1. The second-order valence-corrected chi connectivity index (χ2v) is 8.23. The van der Waals surface area contributed by atoms with E-state index in [1.807, 2.05) is 0 Å². The van der Waals surface area contributed by atoms with Crippen LogP contribution >= 0.6 is 11.6 Å². The summed E-state index contributed by atoms with van der Waals surface area (Å²) in [5.41, 5.74) is -0.103. The topological polar surface area (TPSA) is 108 Å². The van der Waals surface area contributed by atoms with Crippen LogP contribution < -0.4 is 16.0 Å². The molecule has 0 aromatic heterocycles. The number of amides is 5. The van der Waals surface area contributed by atoms with Crippen LogP contribution in [-0.2, 0) is 15.1 Å². The van der Waals surface area contributed by atoms with Gasteiger partial charge >= 0.3 is 6.03 Å². The van der Waals surface area contributed by atoms with Crippen molar-refractivity contribution in [2.75, 3.05) is 11.9 Å². The fraction of sp³-hybridized carbons (Fsp3) is 0.273. The van der Waals surface area contributed by atoms with Crippen molar-refractivity contribution in [2.24, 2.45) is 0 Å². The molecule has 0 radical (unpaired) electrons. The number of para-hydroxylation sites is 1. The Bertz CT molecular complexity index is 1070. The number of nitrogens with zero attached hydrogens (tertiary/aromatic N) is 1. The van der Waals surface area contributed by atoms with Crippen molar-refractivity contribution < 1.29 is 19.2 Å². The van der Waals surface area contributed by atoms with E-state index in [9.17, 15) is 19.2 Å². The van der Waals surface area contributed by atoms with Crippen LogP contribution in [0.25, 0.3) is 0 Å². The molecule has 9 heteroatoms. The van der Waals surface area contributed by atoms with Gasteiger partial charge in [0.2, 0.25) is 5.91 Å². The molecule has 2 aromatic rings. The molecule has 160 valence electrons. The summed E-state index contributed by atoms with van der Waals surface area (Å²) in [6.07, 6.45) is 1.89. The molecule has 1 heterocycles. The van der Waals surface area contributed by atoms with Crippen LogP contribution in [0.5, 0.6) is 0 Å². The minimum atomic E-state index is -1.30. The highest BCUT2D eigenvalue weighted by molar-refractivity contribution is 6.30. The molecule has 3 N–H and O–H groups in total. The lowest BCUT2D eigenvalue weighted by atomic mass is 9.92. The first-order chi connectivity index (χ1) is 14.8. The van der Waals surface area contributed by atoms with Gasteiger partial charge in [-0.05, 0) is 49.6 Å². The van der Waals surface area contributed by atoms with Crippen molar-refractivity contribution >= 4 is 41.0 Å². The van der Waals surface area contributed by atoms with E-state index in [2.05, 4.69) is 16.0 Å². The summed E-state index contributed by atoms with van der Waals surface area (Å²) in [6.45, 7) is 1.10. The van der Waals surface area contributed by atoms with Gasteiger partial charge in [-0.3, -0.25) is 19.3 Å². The number of imide groups is 1. The highest BCUT2D eigenvalue weighted by Crippen LogP contribution is 2.29. The first kappa shape index (κ1) is 20.9. The monoisotopic (exact) mass is 440 g/mol. The molecule has 8 nitrogen and oxygen atoms in total. The Morgan fingerprint density at radius 3 is 2.48 bits per heavy atom. The zero-order valence-electron chi connectivity index (χ0n) is 16.8. The molecule has 5 amide bonds. The van der Waals surface area contributed by atoms with Gasteiger partial charge in [0, 0.05) is 11.1 Å². The fourth-order valence-corrected chi connectivity index (χ4v) is 3.56. The van der Waals surface area contributed by atoms with Gasteiger partial charge < -0.3 is 16.0 Å². The highest BCUT2D eigenvalue weighted by atomic mass is 35.5.